The molecule has 16 heavy (non-hydrogen) atoms. The standard InChI is InChI=1S/C10H10N6/c1-16-5-4-13-9(16)7-15-10-8(6-11)12-2-3-14-10/h2-5H,7H2,1H3,(H,14,15). The molecule has 0 aromatic carbocycles. The summed E-state index contributed by atoms with van der Waals surface area (Å²) in [5.74, 6) is 1.35. The fourth-order valence-electron chi connectivity index (χ4n) is 1.28. The van der Waals surface area contributed by atoms with E-state index in [1.54, 1.807) is 12.4 Å². The van der Waals surface area contributed by atoms with Gasteiger partial charge in [0.25, 0.3) is 0 Å². The first-order valence-corrected chi connectivity index (χ1v) is 4.72. The third-order valence-corrected chi connectivity index (χ3v) is 2.14. The van der Waals surface area contributed by atoms with Gasteiger partial charge in [0.1, 0.15) is 11.9 Å². The minimum Gasteiger partial charge on any atom is -0.360 e. The first kappa shape index (κ1) is 10.1. The van der Waals surface area contributed by atoms with Gasteiger partial charge in [0.2, 0.25) is 0 Å². The third kappa shape index (κ3) is 1.98. The highest BCUT2D eigenvalue weighted by Crippen LogP contribution is 2.07. The molecule has 80 valence electrons. The largest absolute Gasteiger partial charge is 0.360 e. The van der Waals surface area contributed by atoms with E-state index in [1.165, 1.54) is 6.20 Å². The van der Waals surface area contributed by atoms with E-state index in [9.17, 15) is 0 Å². The Morgan fingerprint density at radius 3 is 2.81 bits per heavy atom. The van der Waals surface area contributed by atoms with E-state index in [4.69, 9.17) is 5.26 Å². The molecule has 0 saturated heterocycles. The molecule has 6 heteroatoms. The summed E-state index contributed by atoms with van der Waals surface area (Å²) in [6, 6.07) is 1.98. The van der Waals surface area contributed by atoms with Crippen LogP contribution in [0.2, 0.25) is 0 Å². The van der Waals surface area contributed by atoms with Crippen molar-refractivity contribution < 1.29 is 0 Å². The molecule has 0 bridgehead atoms. The predicted molar refractivity (Wildman–Crippen MR) is 57.3 cm³/mol. The van der Waals surface area contributed by atoms with E-state index in [1.807, 2.05) is 23.9 Å². The summed E-state index contributed by atoms with van der Waals surface area (Å²) in [6.45, 7) is 0.511. The minimum atomic E-state index is 0.289. The summed E-state index contributed by atoms with van der Waals surface area (Å²) < 4.78 is 1.90. The first-order valence-electron chi connectivity index (χ1n) is 4.72. The molecule has 0 aliphatic carbocycles. The Hall–Kier alpha value is -2.42. The van der Waals surface area contributed by atoms with Crippen LogP contribution >= 0.6 is 0 Å². The number of nitrogens with zero attached hydrogens (tertiary/aromatic N) is 5. The Bertz CT molecular complexity index is 524. The summed E-state index contributed by atoms with van der Waals surface area (Å²) in [5, 5.41) is 11.8. The van der Waals surface area contributed by atoms with Gasteiger partial charge >= 0.3 is 0 Å². The van der Waals surface area contributed by atoms with E-state index in [2.05, 4.69) is 20.3 Å². The van der Waals surface area contributed by atoms with Crippen molar-refractivity contribution in [1.29, 1.82) is 5.26 Å². The maximum absolute atomic E-state index is 8.82. The van der Waals surface area contributed by atoms with Gasteiger partial charge in [-0.3, -0.25) is 0 Å². The Morgan fingerprint density at radius 2 is 2.12 bits per heavy atom. The van der Waals surface area contributed by atoms with Gasteiger partial charge in [-0.2, -0.15) is 5.26 Å². The number of hydrogen-bond donors (Lipinski definition) is 1. The number of imidazole rings is 1. The van der Waals surface area contributed by atoms with Crippen LogP contribution < -0.4 is 5.32 Å². The Labute approximate surface area is 92.6 Å². The predicted octanol–water partition coefficient (Wildman–Crippen LogP) is 0.694. The maximum atomic E-state index is 8.82. The van der Waals surface area contributed by atoms with Gasteiger partial charge < -0.3 is 9.88 Å². The summed E-state index contributed by atoms with van der Waals surface area (Å²) in [6.07, 6.45) is 6.61. The van der Waals surface area contributed by atoms with E-state index < -0.39 is 0 Å². The quantitative estimate of drug-likeness (QED) is 0.813. The molecule has 2 heterocycles. The van der Waals surface area contributed by atoms with Gasteiger partial charge in [-0.15, -0.1) is 0 Å². The molecular formula is C10H10N6. The van der Waals surface area contributed by atoms with Gasteiger partial charge in [0, 0.05) is 31.8 Å². The van der Waals surface area contributed by atoms with Crippen LogP contribution in [-0.2, 0) is 13.6 Å². The van der Waals surface area contributed by atoms with Crippen LogP contribution in [0.15, 0.2) is 24.8 Å². The first-order chi connectivity index (χ1) is 7.81. The molecule has 0 amide bonds. The zero-order chi connectivity index (χ0) is 11.4. The molecule has 1 N–H and O–H groups in total. The Kier molecular flexibility index (Phi) is 2.78. The smallest absolute Gasteiger partial charge is 0.182 e. The van der Waals surface area contributed by atoms with Crippen LogP contribution in [0.25, 0.3) is 0 Å². The van der Waals surface area contributed by atoms with Crippen molar-refractivity contribution in [3.8, 4) is 6.07 Å². The Balaban J connectivity index is 2.11. The van der Waals surface area contributed by atoms with Crippen molar-refractivity contribution in [2.24, 2.45) is 7.05 Å². The van der Waals surface area contributed by atoms with Crippen LogP contribution in [0.5, 0.6) is 0 Å². The van der Waals surface area contributed by atoms with Gasteiger partial charge in [-0.05, 0) is 0 Å². The zero-order valence-corrected chi connectivity index (χ0v) is 8.75. The molecule has 0 radical (unpaired) electrons. The number of rotatable bonds is 3. The molecule has 2 aromatic rings. The molecule has 2 rings (SSSR count). The highest BCUT2D eigenvalue weighted by molar-refractivity contribution is 5.46. The van der Waals surface area contributed by atoms with Crippen LogP contribution in [0.1, 0.15) is 11.5 Å². The number of hydrogen-bond acceptors (Lipinski definition) is 5. The van der Waals surface area contributed by atoms with Crippen LogP contribution in [0.4, 0.5) is 5.82 Å². The summed E-state index contributed by atoms with van der Waals surface area (Å²) >= 11 is 0. The summed E-state index contributed by atoms with van der Waals surface area (Å²) in [7, 11) is 1.91. The Morgan fingerprint density at radius 1 is 1.31 bits per heavy atom. The van der Waals surface area contributed by atoms with Crippen molar-refractivity contribution >= 4 is 5.82 Å². The zero-order valence-electron chi connectivity index (χ0n) is 8.75. The van der Waals surface area contributed by atoms with E-state index >= 15 is 0 Å². The topological polar surface area (TPSA) is 79.4 Å². The van der Waals surface area contributed by atoms with Crippen molar-refractivity contribution in [2.75, 3.05) is 5.32 Å². The highest BCUT2D eigenvalue weighted by atomic mass is 15.1. The van der Waals surface area contributed by atoms with Gasteiger partial charge in [0.05, 0.1) is 6.54 Å². The van der Waals surface area contributed by atoms with Crippen molar-refractivity contribution in [3.63, 3.8) is 0 Å². The number of anilines is 1. The lowest BCUT2D eigenvalue weighted by molar-refractivity contribution is 0.810. The average Bonchev–Trinajstić information content (AvgIpc) is 2.72. The molecule has 2 aromatic heterocycles. The number of nitrogens with one attached hydrogen (secondary N) is 1. The average molecular weight is 214 g/mol. The third-order valence-electron chi connectivity index (χ3n) is 2.14. The summed E-state index contributed by atoms with van der Waals surface area (Å²) in [4.78, 5) is 12.1. The normalized spacial score (nSPS) is 9.75. The number of aromatic nitrogens is 4. The van der Waals surface area contributed by atoms with E-state index in [0.717, 1.165) is 5.82 Å². The molecule has 0 aliphatic rings. The summed E-state index contributed by atoms with van der Waals surface area (Å²) in [5.41, 5.74) is 0.289. The fraction of sp³-hybridized carbons (Fsp3) is 0.200. The number of nitriles is 1. The molecular weight excluding hydrogens is 204 g/mol. The maximum Gasteiger partial charge on any atom is 0.182 e. The van der Waals surface area contributed by atoms with Crippen LogP contribution in [0.3, 0.4) is 0 Å². The van der Waals surface area contributed by atoms with Gasteiger partial charge in [-0.1, -0.05) is 0 Å². The lowest BCUT2D eigenvalue weighted by atomic mass is 10.4. The van der Waals surface area contributed by atoms with E-state index in [-0.39, 0.29) is 5.69 Å². The monoisotopic (exact) mass is 214 g/mol. The SMILES string of the molecule is Cn1ccnc1CNc1nccnc1C#N. The van der Waals surface area contributed by atoms with Gasteiger partial charge in [0.15, 0.2) is 11.5 Å². The molecule has 6 nitrogen and oxygen atoms in total. The molecule has 0 atom stereocenters. The second-order valence-corrected chi connectivity index (χ2v) is 3.17. The van der Waals surface area contributed by atoms with Crippen molar-refractivity contribution in [1.82, 2.24) is 19.5 Å². The van der Waals surface area contributed by atoms with Crippen molar-refractivity contribution in [2.45, 2.75) is 6.54 Å². The lowest BCUT2D eigenvalue weighted by Gasteiger charge is -2.05. The van der Waals surface area contributed by atoms with Crippen molar-refractivity contribution in [3.05, 3.63) is 36.3 Å². The second-order valence-electron chi connectivity index (χ2n) is 3.17. The molecule has 0 unspecified atom stereocenters. The fourth-order valence-corrected chi connectivity index (χ4v) is 1.28. The van der Waals surface area contributed by atoms with Crippen LogP contribution in [-0.4, -0.2) is 19.5 Å². The van der Waals surface area contributed by atoms with Gasteiger partial charge in [-0.25, -0.2) is 15.0 Å². The highest BCUT2D eigenvalue weighted by Gasteiger charge is 2.04. The number of aryl methyl sites for hydroxylation is 1. The molecule has 0 spiro atoms. The molecule has 0 fully saturated rings. The minimum absolute atomic E-state index is 0.289. The van der Waals surface area contributed by atoms with E-state index in [0.29, 0.717) is 12.4 Å². The van der Waals surface area contributed by atoms with Crippen LogP contribution in [0, 0.1) is 11.3 Å². The lowest BCUT2D eigenvalue weighted by Crippen LogP contribution is -2.08. The second kappa shape index (κ2) is 4.40. The molecule has 0 aliphatic heterocycles. The molecule has 0 saturated carbocycles.